The zero-order valence-corrected chi connectivity index (χ0v) is 18.3. The Labute approximate surface area is 180 Å². The van der Waals surface area contributed by atoms with Gasteiger partial charge in [-0.1, -0.05) is 30.3 Å². The van der Waals surface area contributed by atoms with Crippen LogP contribution in [-0.4, -0.2) is 46.6 Å². The Morgan fingerprint density at radius 3 is 2.72 bits per heavy atom. The van der Waals surface area contributed by atoms with Crippen molar-refractivity contribution in [3.63, 3.8) is 0 Å². The number of thioether (sulfide) groups is 1. The number of methoxy groups -OCH3 is 1. The van der Waals surface area contributed by atoms with Crippen molar-refractivity contribution in [2.24, 2.45) is 5.92 Å². The van der Waals surface area contributed by atoms with Crippen molar-refractivity contribution in [2.45, 2.75) is 43.8 Å². The average Bonchev–Trinajstić information content (AvgIpc) is 3.46. The SMILES string of the molecule is COc1ccc(Cl)cc1NC(=O)CSc1nnc(N2CCC(C)CC2)n1C1CC1. The highest BCUT2D eigenvalue weighted by Crippen LogP contribution is 2.41. The Hall–Kier alpha value is -1.93. The van der Waals surface area contributed by atoms with Crippen LogP contribution in [0.1, 0.15) is 38.6 Å². The summed E-state index contributed by atoms with van der Waals surface area (Å²) >= 11 is 7.46. The molecule has 0 unspecified atom stereocenters. The Balaban J connectivity index is 1.42. The van der Waals surface area contributed by atoms with Crippen LogP contribution in [-0.2, 0) is 4.79 Å². The summed E-state index contributed by atoms with van der Waals surface area (Å²) in [5.41, 5.74) is 0.567. The van der Waals surface area contributed by atoms with E-state index in [0.29, 0.717) is 22.5 Å². The summed E-state index contributed by atoms with van der Waals surface area (Å²) in [6.45, 7) is 4.34. The molecule has 0 atom stereocenters. The average molecular weight is 436 g/mol. The first kappa shape index (κ1) is 20.3. The predicted molar refractivity (Wildman–Crippen MR) is 116 cm³/mol. The number of hydrogen-bond donors (Lipinski definition) is 1. The molecule has 9 heteroatoms. The van der Waals surface area contributed by atoms with E-state index in [1.807, 2.05) is 0 Å². The van der Waals surface area contributed by atoms with Crippen molar-refractivity contribution in [1.29, 1.82) is 0 Å². The van der Waals surface area contributed by atoms with Crippen molar-refractivity contribution in [1.82, 2.24) is 14.8 Å². The zero-order valence-electron chi connectivity index (χ0n) is 16.7. The fraction of sp³-hybridized carbons (Fsp3) is 0.550. The molecule has 1 aliphatic heterocycles. The summed E-state index contributed by atoms with van der Waals surface area (Å²) in [5, 5.41) is 13.1. The lowest BCUT2D eigenvalue weighted by Crippen LogP contribution is -2.34. The number of amides is 1. The van der Waals surface area contributed by atoms with Crippen LogP contribution in [0, 0.1) is 5.92 Å². The third kappa shape index (κ3) is 4.80. The lowest BCUT2D eigenvalue weighted by molar-refractivity contribution is -0.113. The highest BCUT2D eigenvalue weighted by atomic mass is 35.5. The first-order valence-corrected chi connectivity index (χ1v) is 11.4. The summed E-state index contributed by atoms with van der Waals surface area (Å²) in [7, 11) is 1.56. The number of benzene rings is 1. The van der Waals surface area contributed by atoms with Crippen LogP contribution in [0.15, 0.2) is 23.4 Å². The molecule has 1 aromatic heterocycles. The molecule has 2 aliphatic rings. The number of halogens is 1. The number of ether oxygens (including phenoxy) is 1. The third-order valence-electron chi connectivity index (χ3n) is 5.39. The second kappa shape index (κ2) is 8.83. The molecule has 2 heterocycles. The lowest BCUT2D eigenvalue weighted by atomic mass is 10.00. The van der Waals surface area contributed by atoms with Gasteiger partial charge in [0, 0.05) is 24.2 Å². The van der Waals surface area contributed by atoms with Crippen LogP contribution in [0.4, 0.5) is 11.6 Å². The molecule has 0 spiro atoms. The molecule has 1 saturated heterocycles. The molecular weight excluding hydrogens is 410 g/mol. The standard InChI is InChI=1S/C20H26ClN5O2S/c1-13-7-9-25(10-8-13)19-23-24-20(26(19)15-4-5-15)29-12-18(27)22-16-11-14(21)3-6-17(16)28-2/h3,6,11,13,15H,4-5,7-10,12H2,1-2H3,(H,22,27). The van der Waals surface area contributed by atoms with E-state index in [-0.39, 0.29) is 11.7 Å². The molecule has 156 valence electrons. The second-order valence-corrected chi connectivity index (χ2v) is 9.11. The van der Waals surface area contributed by atoms with Gasteiger partial charge in [0.2, 0.25) is 11.9 Å². The van der Waals surface area contributed by atoms with Gasteiger partial charge in [-0.05, 0) is 49.8 Å². The van der Waals surface area contributed by atoms with Gasteiger partial charge in [0.05, 0.1) is 18.6 Å². The van der Waals surface area contributed by atoms with Gasteiger partial charge in [-0.3, -0.25) is 9.36 Å². The summed E-state index contributed by atoms with van der Waals surface area (Å²) in [5.74, 6) is 2.42. The molecule has 4 rings (SSSR count). The number of nitrogens with one attached hydrogen (secondary N) is 1. The van der Waals surface area contributed by atoms with E-state index in [1.54, 1.807) is 25.3 Å². The van der Waals surface area contributed by atoms with Crippen LogP contribution >= 0.6 is 23.4 Å². The fourth-order valence-corrected chi connectivity index (χ4v) is 4.51. The fourth-order valence-electron chi connectivity index (χ4n) is 3.54. The highest BCUT2D eigenvalue weighted by Gasteiger charge is 2.32. The number of rotatable bonds is 7. The van der Waals surface area contributed by atoms with Crippen molar-refractivity contribution in [2.75, 3.05) is 36.2 Å². The first-order valence-electron chi connectivity index (χ1n) is 10.0. The minimum Gasteiger partial charge on any atom is -0.495 e. The number of anilines is 2. The van der Waals surface area contributed by atoms with Gasteiger partial charge in [-0.2, -0.15) is 0 Å². The monoisotopic (exact) mass is 435 g/mol. The summed E-state index contributed by atoms with van der Waals surface area (Å²) in [6, 6.07) is 5.61. The van der Waals surface area contributed by atoms with Crippen LogP contribution in [0.2, 0.25) is 5.02 Å². The molecule has 1 amide bonds. The van der Waals surface area contributed by atoms with E-state index in [4.69, 9.17) is 16.3 Å². The summed E-state index contributed by atoms with van der Waals surface area (Å²) < 4.78 is 7.52. The van der Waals surface area contributed by atoms with Gasteiger partial charge in [-0.15, -0.1) is 10.2 Å². The van der Waals surface area contributed by atoms with Crippen molar-refractivity contribution >= 4 is 40.9 Å². The topological polar surface area (TPSA) is 72.3 Å². The van der Waals surface area contributed by atoms with E-state index in [2.05, 4.69) is 31.9 Å². The Morgan fingerprint density at radius 1 is 1.28 bits per heavy atom. The first-order chi connectivity index (χ1) is 14.0. The van der Waals surface area contributed by atoms with Crippen molar-refractivity contribution in [3.05, 3.63) is 23.2 Å². The van der Waals surface area contributed by atoms with E-state index in [9.17, 15) is 4.79 Å². The number of carbonyl (C=O) groups is 1. The second-order valence-electron chi connectivity index (χ2n) is 7.73. The largest absolute Gasteiger partial charge is 0.495 e. The van der Waals surface area contributed by atoms with Gasteiger partial charge in [0.25, 0.3) is 0 Å². The minimum absolute atomic E-state index is 0.130. The van der Waals surface area contributed by atoms with Crippen LogP contribution in [0.3, 0.4) is 0 Å². The quantitative estimate of drug-likeness (QED) is 0.655. The molecule has 0 bridgehead atoms. The number of carbonyl (C=O) groups excluding carboxylic acids is 1. The Kier molecular flexibility index (Phi) is 6.20. The maximum atomic E-state index is 12.5. The van der Waals surface area contributed by atoms with Gasteiger partial charge >= 0.3 is 0 Å². The van der Waals surface area contributed by atoms with Crippen LogP contribution < -0.4 is 15.0 Å². The lowest BCUT2D eigenvalue weighted by Gasteiger charge is -2.31. The van der Waals surface area contributed by atoms with Crippen molar-refractivity contribution < 1.29 is 9.53 Å². The normalized spacial score (nSPS) is 17.4. The zero-order chi connectivity index (χ0) is 20.4. The maximum Gasteiger partial charge on any atom is 0.234 e. The molecule has 29 heavy (non-hydrogen) atoms. The molecule has 7 nitrogen and oxygen atoms in total. The summed E-state index contributed by atoms with van der Waals surface area (Å²) in [4.78, 5) is 14.8. The van der Waals surface area contributed by atoms with E-state index in [1.165, 1.54) is 24.6 Å². The molecule has 1 N–H and O–H groups in total. The molecule has 2 fully saturated rings. The number of aromatic nitrogens is 3. The maximum absolute atomic E-state index is 12.5. The molecule has 1 aromatic carbocycles. The molecular formula is C20H26ClN5O2S. The van der Waals surface area contributed by atoms with E-state index < -0.39 is 0 Å². The third-order valence-corrected chi connectivity index (χ3v) is 6.57. The highest BCUT2D eigenvalue weighted by molar-refractivity contribution is 7.99. The van der Waals surface area contributed by atoms with Gasteiger partial charge in [0.15, 0.2) is 5.16 Å². The molecule has 1 saturated carbocycles. The molecule has 1 aliphatic carbocycles. The van der Waals surface area contributed by atoms with E-state index >= 15 is 0 Å². The summed E-state index contributed by atoms with van der Waals surface area (Å²) in [6.07, 6.45) is 4.66. The molecule has 0 radical (unpaired) electrons. The van der Waals surface area contributed by atoms with Crippen molar-refractivity contribution in [3.8, 4) is 5.75 Å². The molecule has 2 aromatic rings. The Morgan fingerprint density at radius 2 is 2.03 bits per heavy atom. The number of nitrogens with zero attached hydrogens (tertiary/aromatic N) is 4. The van der Waals surface area contributed by atoms with Gasteiger partial charge in [-0.25, -0.2) is 0 Å². The van der Waals surface area contributed by atoms with Crippen LogP contribution in [0.25, 0.3) is 0 Å². The van der Waals surface area contributed by atoms with Gasteiger partial charge in [0.1, 0.15) is 5.75 Å². The predicted octanol–water partition coefficient (Wildman–Crippen LogP) is 4.24. The minimum atomic E-state index is -0.130. The van der Waals surface area contributed by atoms with E-state index in [0.717, 1.165) is 43.0 Å². The number of hydrogen-bond acceptors (Lipinski definition) is 6. The van der Waals surface area contributed by atoms with Crippen LogP contribution in [0.5, 0.6) is 5.75 Å². The smallest absolute Gasteiger partial charge is 0.234 e. The van der Waals surface area contributed by atoms with Gasteiger partial charge < -0.3 is 15.0 Å². The Bertz CT molecular complexity index is 878. The number of piperidine rings is 1.